The molecule has 1 N–H and O–H groups in total. The van der Waals surface area contributed by atoms with Gasteiger partial charge in [-0.1, -0.05) is 18.2 Å². The van der Waals surface area contributed by atoms with E-state index in [-0.39, 0.29) is 31.8 Å². The lowest BCUT2D eigenvalue weighted by molar-refractivity contribution is -0.139. The van der Waals surface area contributed by atoms with E-state index in [1.807, 2.05) is 13.0 Å². The van der Waals surface area contributed by atoms with E-state index in [2.05, 4.69) is 5.32 Å². The molecular formula is C21H23F3N2O4S. The lowest BCUT2D eigenvalue weighted by Crippen LogP contribution is -2.41. The number of nitrogens with one attached hydrogen (secondary N) is 1. The predicted octanol–water partition coefficient (Wildman–Crippen LogP) is 4.06. The van der Waals surface area contributed by atoms with Crippen molar-refractivity contribution in [2.45, 2.75) is 30.8 Å². The second-order valence-corrected chi connectivity index (χ2v) is 9.27. The Labute approximate surface area is 179 Å². The Hall–Kier alpha value is -2.59. The van der Waals surface area contributed by atoms with Crippen molar-refractivity contribution in [3.63, 3.8) is 0 Å². The van der Waals surface area contributed by atoms with E-state index in [4.69, 9.17) is 4.74 Å². The summed E-state index contributed by atoms with van der Waals surface area (Å²) < 4.78 is 71.8. The summed E-state index contributed by atoms with van der Waals surface area (Å²) in [5.74, 6) is -0.242. The van der Waals surface area contributed by atoms with Crippen molar-refractivity contribution in [3.8, 4) is 5.75 Å². The van der Waals surface area contributed by atoms with Gasteiger partial charge in [-0.2, -0.15) is 17.5 Å². The lowest BCUT2D eigenvalue weighted by atomic mass is 9.97. The summed E-state index contributed by atoms with van der Waals surface area (Å²) in [6, 6.07) is 9.47. The molecule has 6 nitrogen and oxygen atoms in total. The van der Waals surface area contributed by atoms with Crippen LogP contribution in [-0.4, -0.2) is 38.8 Å². The van der Waals surface area contributed by atoms with E-state index in [0.29, 0.717) is 11.4 Å². The second kappa shape index (κ2) is 8.88. The predicted molar refractivity (Wildman–Crippen MR) is 109 cm³/mol. The highest BCUT2D eigenvalue weighted by Gasteiger charge is 2.40. The molecule has 1 aliphatic heterocycles. The van der Waals surface area contributed by atoms with Crippen LogP contribution in [0.25, 0.3) is 0 Å². The minimum absolute atomic E-state index is 0.0441. The van der Waals surface area contributed by atoms with Crippen molar-refractivity contribution < 1.29 is 31.1 Å². The number of halogens is 3. The summed E-state index contributed by atoms with van der Waals surface area (Å²) in [4.78, 5) is 11.9. The number of nitrogens with zero attached hydrogens (tertiary/aromatic N) is 1. The number of amides is 1. The van der Waals surface area contributed by atoms with Crippen LogP contribution in [0.2, 0.25) is 0 Å². The maximum absolute atomic E-state index is 13.3. The first kappa shape index (κ1) is 23.1. The third-order valence-electron chi connectivity index (χ3n) is 5.25. The normalized spacial score (nSPS) is 16.2. The smallest absolute Gasteiger partial charge is 0.417 e. The summed E-state index contributed by atoms with van der Waals surface area (Å²) in [5, 5.41) is 2.81. The molecule has 0 aliphatic carbocycles. The van der Waals surface area contributed by atoms with Crippen molar-refractivity contribution in [3.05, 3.63) is 53.6 Å². The highest BCUT2D eigenvalue weighted by molar-refractivity contribution is 7.89. The molecule has 0 spiro atoms. The van der Waals surface area contributed by atoms with Gasteiger partial charge in [0.1, 0.15) is 5.75 Å². The summed E-state index contributed by atoms with van der Waals surface area (Å²) in [7, 11) is -2.85. The fourth-order valence-corrected chi connectivity index (χ4v) is 5.26. The molecule has 2 aromatic carbocycles. The first-order valence-corrected chi connectivity index (χ1v) is 11.1. The summed E-state index contributed by atoms with van der Waals surface area (Å²) in [6.07, 6.45) is -4.38. The van der Waals surface area contributed by atoms with E-state index in [1.54, 1.807) is 12.1 Å². The molecule has 0 bridgehead atoms. The quantitative estimate of drug-likeness (QED) is 0.736. The zero-order chi connectivity index (χ0) is 22.8. The number of alkyl halides is 3. The summed E-state index contributed by atoms with van der Waals surface area (Å²) in [6.45, 7) is 1.78. The number of anilines is 1. The molecule has 1 amide bonds. The van der Waals surface area contributed by atoms with E-state index in [0.717, 1.165) is 28.1 Å². The largest absolute Gasteiger partial charge is 0.495 e. The molecule has 31 heavy (non-hydrogen) atoms. The van der Waals surface area contributed by atoms with Gasteiger partial charge >= 0.3 is 6.18 Å². The molecule has 3 rings (SSSR count). The molecule has 1 fully saturated rings. The molecule has 0 unspecified atom stereocenters. The second-order valence-electron chi connectivity index (χ2n) is 7.37. The van der Waals surface area contributed by atoms with Gasteiger partial charge in [0.05, 0.1) is 23.3 Å². The van der Waals surface area contributed by atoms with Gasteiger partial charge in [0, 0.05) is 19.0 Å². The Balaban J connectivity index is 1.71. The monoisotopic (exact) mass is 456 g/mol. The van der Waals surface area contributed by atoms with Crippen molar-refractivity contribution >= 4 is 21.6 Å². The van der Waals surface area contributed by atoms with E-state index in [9.17, 15) is 26.4 Å². The highest BCUT2D eigenvalue weighted by atomic mass is 32.2. The average molecular weight is 456 g/mol. The Morgan fingerprint density at radius 1 is 1.13 bits per heavy atom. The number of aryl methyl sites for hydroxylation is 1. The molecule has 2 aromatic rings. The number of carbonyl (C=O) groups excluding carboxylic acids is 1. The number of piperidine rings is 1. The topological polar surface area (TPSA) is 75.7 Å². The third-order valence-corrected chi connectivity index (χ3v) is 7.20. The lowest BCUT2D eigenvalue weighted by Gasteiger charge is -2.31. The summed E-state index contributed by atoms with van der Waals surface area (Å²) in [5.41, 5.74) is 0.253. The van der Waals surface area contributed by atoms with E-state index < -0.39 is 32.6 Å². The van der Waals surface area contributed by atoms with Crippen molar-refractivity contribution in [2.75, 3.05) is 25.5 Å². The Morgan fingerprint density at radius 2 is 1.77 bits per heavy atom. The number of carbonyl (C=O) groups is 1. The number of methoxy groups -OCH3 is 1. The SMILES string of the molecule is COc1ccc(C)cc1NC(=O)C1CCN(S(=O)(=O)c2ccccc2C(F)(F)F)CC1. The molecule has 1 aliphatic rings. The zero-order valence-electron chi connectivity index (χ0n) is 17.1. The van der Waals surface area contributed by atoms with Crippen LogP contribution >= 0.6 is 0 Å². The number of benzene rings is 2. The first-order valence-electron chi connectivity index (χ1n) is 9.66. The molecule has 168 valence electrons. The number of hydrogen-bond donors (Lipinski definition) is 1. The fourth-order valence-electron chi connectivity index (χ4n) is 3.58. The molecule has 0 atom stereocenters. The van der Waals surface area contributed by atoms with Crippen LogP contribution in [0.1, 0.15) is 24.0 Å². The van der Waals surface area contributed by atoms with Gasteiger partial charge in [0.25, 0.3) is 0 Å². The first-order chi connectivity index (χ1) is 14.5. The maximum Gasteiger partial charge on any atom is 0.417 e. The Bertz CT molecular complexity index is 1060. The van der Waals surface area contributed by atoms with Crippen LogP contribution in [0.5, 0.6) is 5.75 Å². The Morgan fingerprint density at radius 3 is 2.39 bits per heavy atom. The molecule has 0 radical (unpaired) electrons. The fraction of sp³-hybridized carbons (Fsp3) is 0.381. The minimum Gasteiger partial charge on any atom is -0.495 e. The van der Waals surface area contributed by atoms with Gasteiger partial charge in [-0.15, -0.1) is 0 Å². The number of hydrogen-bond acceptors (Lipinski definition) is 4. The Kier molecular flexibility index (Phi) is 6.61. The number of ether oxygens (including phenoxy) is 1. The molecule has 1 saturated heterocycles. The average Bonchev–Trinajstić information content (AvgIpc) is 2.73. The number of sulfonamides is 1. The molecule has 0 aromatic heterocycles. The van der Waals surface area contributed by atoms with E-state index in [1.165, 1.54) is 13.2 Å². The minimum atomic E-state index is -4.78. The third kappa shape index (κ3) is 5.01. The van der Waals surface area contributed by atoms with Crippen LogP contribution in [0.4, 0.5) is 18.9 Å². The van der Waals surface area contributed by atoms with Crippen molar-refractivity contribution in [1.82, 2.24) is 4.31 Å². The van der Waals surface area contributed by atoms with Gasteiger partial charge in [0.15, 0.2) is 0 Å². The van der Waals surface area contributed by atoms with Gasteiger partial charge in [-0.3, -0.25) is 4.79 Å². The standard InChI is InChI=1S/C21H23F3N2O4S/c1-14-7-8-18(30-2)17(13-14)25-20(27)15-9-11-26(12-10-15)31(28,29)19-6-4-3-5-16(19)21(22,23)24/h3-8,13,15H,9-12H2,1-2H3,(H,25,27). The van der Waals surface area contributed by atoms with Crippen LogP contribution in [-0.2, 0) is 21.0 Å². The highest BCUT2D eigenvalue weighted by Crippen LogP contribution is 2.36. The van der Waals surface area contributed by atoms with E-state index >= 15 is 0 Å². The molecule has 10 heteroatoms. The van der Waals surface area contributed by atoms with Crippen LogP contribution in [0, 0.1) is 12.8 Å². The van der Waals surface area contributed by atoms with Crippen LogP contribution in [0.3, 0.4) is 0 Å². The maximum atomic E-state index is 13.3. The van der Waals surface area contributed by atoms with Crippen molar-refractivity contribution in [2.24, 2.45) is 5.92 Å². The van der Waals surface area contributed by atoms with Crippen LogP contribution < -0.4 is 10.1 Å². The molecular weight excluding hydrogens is 433 g/mol. The molecule has 0 saturated carbocycles. The summed E-state index contributed by atoms with van der Waals surface area (Å²) >= 11 is 0. The van der Waals surface area contributed by atoms with Crippen molar-refractivity contribution in [1.29, 1.82) is 0 Å². The number of rotatable bonds is 5. The van der Waals surface area contributed by atoms with Gasteiger partial charge in [0.2, 0.25) is 15.9 Å². The van der Waals surface area contributed by atoms with Gasteiger partial charge in [-0.05, 0) is 49.6 Å². The molecule has 1 heterocycles. The van der Waals surface area contributed by atoms with Gasteiger partial charge in [-0.25, -0.2) is 8.42 Å². The van der Waals surface area contributed by atoms with Crippen LogP contribution in [0.15, 0.2) is 47.4 Å². The van der Waals surface area contributed by atoms with Gasteiger partial charge < -0.3 is 10.1 Å². The zero-order valence-corrected chi connectivity index (χ0v) is 17.9.